The van der Waals surface area contributed by atoms with Crippen molar-refractivity contribution >= 4 is 0 Å². The lowest BCUT2D eigenvalue weighted by Gasteiger charge is -2.30. The van der Waals surface area contributed by atoms with Crippen LogP contribution >= 0.6 is 0 Å². The van der Waals surface area contributed by atoms with E-state index in [0.717, 1.165) is 10.2 Å². The second kappa shape index (κ2) is 5.45. The van der Waals surface area contributed by atoms with Crippen molar-refractivity contribution in [3.8, 4) is 0 Å². The van der Waals surface area contributed by atoms with Gasteiger partial charge in [0.15, 0.2) is 11.9 Å². The predicted octanol–water partition coefficient (Wildman–Crippen LogP) is 2.44. The molecule has 0 bridgehead atoms. The third-order valence-corrected chi connectivity index (χ3v) is 2.82. The maximum absolute atomic E-state index is 5.96. The van der Waals surface area contributed by atoms with E-state index in [1.807, 2.05) is 6.92 Å². The number of hydrogen-bond donors (Lipinski definition) is 0. The van der Waals surface area contributed by atoms with Gasteiger partial charge >= 0.3 is 0 Å². The maximum atomic E-state index is 5.96. The first-order valence-corrected chi connectivity index (χ1v) is 5.94. The van der Waals surface area contributed by atoms with E-state index < -0.39 is 0 Å². The van der Waals surface area contributed by atoms with Crippen LogP contribution in [0.3, 0.4) is 0 Å². The normalized spacial score (nSPS) is 24.6. The van der Waals surface area contributed by atoms with Crippen LogP contribution in [0.25, 0.3) is 0 Å². The zero-order valence-corrected chi connectivity index (χ0v) is 11.6. The molecule has 2 unspecified atom stereocenters. The minimum absolute atomic E-state index is 0.0949. The molecule has 0 fully saturated rings. The Morgan fingerprint density at radius 3 is 2.41 bits per heavy atom. The predicted molar refractivity (Wildman–Crippen MR) is 66.6 cm³/mol. The Balaban J connectivity index is 2.65. The Morgan fingerprint density at radius 2 is 1.94 bits per heavy atom. The third kappa shape index (κ3) is 3.40. The average Bonchev–Trinajstić information content (AvgIpc) is 2.54. The standard InChI is InChI=1S/C13H24NO3/c1-10(2)13-14(4,5)9-12(17-13)11(3)16-8-7-15-6/h7-11,13H,1-6H3/q+1. The molecule has 98 valence electrons. The second-order valence-electron chi connectivity index (χ2n) is 5.20. The highest BCUT2D eigenvalue weighted by atomic mass is 16.6. The van der Waals surface area contributed by atoms with Gasteiger partial charge in [-0.3, -0.25) is 4.48 Å². The van der Waals surface area contributed by atoms with Crippen LogP contribution in [0.1, 0.15) is 20.8 Å². The molecule has 1 rings (SSSR count). The lowest BCUT2D eigenvalue weighted by atomic mass is 10.1. The van der Waals surface area contributed by atoms with Gasteiger partial charge in [-0.05, 0) is 6.92 Å². The Bertz CT molecular complexity index is 308. The monoisotopic (exact) mass is 242 g/mol. The maximum Gasteiger partial charge on any atom is 0.239 e. The van der Waals surface area contributed by atoms with Crippen molar-refractivity contribution < 1.29 is 18.7 Å². The van der Waals surface area contributed by atoms with Crippen LogP contribution in [0.4, 0.5) is 0 Å². The summed E-state index contributed by atoms with van der Waals surface area (Å²) in [6, 6.07) is 0. The van der Waals surface area contributed by atoms with E-state index in [4.69, 9.17) is 14.2 Å². The molecule has 0 aromatic heterocycles. The van der Waals surface area contributed by atoms with Crippen LogP contribution in [0, 0.1) is 5.92 Å². The van der Waals surface area contributed by atoms with E-state index in [1.165, 1.54) is 12.5 Å². The zero-order valence-electron chi connectivity index (χ0n) is 11.6. The SMILES string of the molecule is COC=COC(C)C1=C[N+](C)(C)C(C(C)C)O1. The molecule has 0 aliphatic carbocycles. The first-order chi connectivity index (χ1) is 7.88. The number of ether oxygens (including phenoxy) is 3. The highest BCUT2D eigenvalue weighted by Gasteiger charge is 2.40. The van der Waals surface area contributed by atoms with Crippen molar-refractivity contribution in [3.05, 3.63) is 24.5 Å². The minimum atomic E-state index is -0.0949. The van der Waals surface area contributed by atoms with Gasteiger partial charge < -0.3 is 14.2 Å². The van der Waals surface area contributed by atoms with Gasteiger partial charge in [-0.15, -0.1) is 0 Å². The second-order valence-corrected chi connectivity index (χ2v) is 5.20. The summed E-state index contributed by atoms with van der Waals surface area (Å²) in [5.74, 6) is 1.34. The highest BCUT2D eigenvalue weighted by Crippen LogP contribution is 2.30. The van der Waals surface area contributed by atoms with Crippen LogP contribution < -0.4 is 0 Å². The highest BCUT2D eigenvalue weighted by molar-refractivity contribution is 5.00. The molecular formula is C13H24NO3+. The van der Waals surface area contributed by atoms with E-state index in [2.05, 4.69) is 34.1 Å². The van der Waals surface area contributed by atoms with Crippen LogP contribution in [0.5, 0.6) is 0 Å². The molecule has 0 saturated heterocycles. The average molecular weight is 242 g/mol. The molecule has 0 radical (unpaired) electrons. The Kier molecular flexibility index (Phi) is 4.46. The molecule has 0 saturated carbocycles. The first kappa shape index (κ1) is 13.9. The molecule has 0 aromatic carbocycles. The lowest BCUT2D eigenvalue weighted by molar-refractivity contribution is -0.882. The molecule has 1 heterocycles. The fourth-order valence-corrected chi connectivity index (χ4v) is 2.08. The molecule has 17 heavy (non-hydrogen) atoms. The Morgan fingerprint density at radius 1 is 1.29 bits per heavy atom. The van der Waals surface area contributed by atoms with Crippen LogP contribution in [0.2, 0.25) is 0 Å². The summed E-state index contributed by atoms with van der Waals surface area (Å²) in [4.78, 5) is 0. The molecule has 0 spiro atoms. The number of methoxy groups -OCH3 is 1. The molecular weight excluding hydrogens is 218 g/mol. The van der Waals surface area contributed by atoms with Gasteiger partial charge in [0.2, 0.25) is 6.23 Å². The number of quaternary nitrogens is 1. The summed E-state index contributed by atoms with van der Waals surface area (Å²) in [6.07, 6.45) is 5.21. The van der Waals surface area contributed by atoms with Crippen LogP contribution in [-0.4, -0.2) is 38.0 Å². The van der Waals surface area contributed by atoms with Gasteiger partial charge in [-0.25, -0.2) is 0 Å². The number of hydrogen-bond acceptors (Lipinski definition) is 3. The van der Waals surface area contributed by atoms with E-state index in [9.17, 15) is 0 Å². The summed E-state index contributed by atoms with van der Waals surface area (Å²) < 4.78 is 17.0. The largest absolute Gasteiger partial charge is 0.501 e. The van der Waals surface area contributed by atoms with Crippen molar-refractivity contribution in [3.63, 3.8) is 0 Å². The van der Waals surface area contributed by atoms with Gasteiger partial charge in [0.1, 0.15) is 18.7 Å². The molecule has 0 N–H and O–H groups in total. The third-order valence-electron chi connectivity index (χ3n) is 2.82. The molecule has 0 amide bonds. The molecule has 4 nitrogen and oxygen atoms in total. The zero-order chi connectivity index (χ0) is 13.1. The van der Waals surface area contributed by atoms with Crippen molar-refractivity contribution in [2.24, 2.45) is 5.92 Å². The summed E-state index contributed by atoms with van der Waals surface area (Å²) in [7, 11) is 5.86. The summed E-state index contributed by atoms with van der Waals surface area (Å²) in [6.45, 7) is 6.30. The van der Waals surface area contributed by atoms with E-state index >= 15 is 0 Å². The smallest absolute Gasteiger partial charge is 0.239 e. The lowest BCUT2D eigenvalue weighted by Crippen LogP contribution is -2.44. The van der Waals surface area contributed by atoms with Gasteiger partial charge in [-0.2, -0.15) is 0 Å². The van der Waals surface area contributed by atoms with Gasteiger partial charge in [0, 0.05) is 5.92 Å². The topological polar surface area (TPSA) is 27.7 Å². The molecule has 1 aliphatic heterocycles. The van der Waals surface area contributed by atoms with Crippen LogP contribution in [-0.2, 0) is 14.2 Å². The molecule has 1 aliphatic rings. The van der Waals surface area contributed by atoms with Gasteiger partial charge in [-0.1, -0.05) is 13.8 Å². The Hall–Kier alpha value is -1.16. The molecule has 2 atom stereocenters. The first-order valence-electron chi connectivity index (χ1n) is 5.94. The number of nitrogens with zero attached hydrogens (tertiary/aromatic N) is 1. The van der Waals surface area contributed by atoms with Crippen molar-refractivity contribution in [1.29, 1.82) is 0 Å². The Labute approximate surface area is 104 Å². The fourth-order valence-electron chi connectivity index (χ4n) is 2.08. The number of rotatable bonds is 5. The quantitative estimate of drug-likeness (QED) is 0.547. The van der Waals surface area contributed by atoms with E-state index in [1.54, 1.807) is 7.11 Å². The van der Waals surface area contributed by atoms with Crippen molar-refractivity contribution in [1.82, 2.24) is 0 Å². The van der Waals surface area contributed by atoms with E-state index in [0.29, 0.717) is 5.92 Å². The minimum Gasteiger partial charge on any atom is -0.501 e. The van der Waals surface area contributed by atoms with Crippen molar-refractivity contribution in [2.45, 2.75) is 33.1 Å². The van der Waals surface area contributed by atoms with Crippen LogP contribution in [0.15, 0.2) is 24.5 Å². The van der Waals surface area contributed by atoms with E-state index in [-0.39, 0.29) is 12.3 Å². The summed E-state index contributed by atoms with van der Waals surface area (Å²) >= 11 is 0. The van der Waals surface area contributed by atoms with Gasteiger partial charge in [0.25, 0.3) is 0 Å². The van der Waals surface area contributed by atoms with Crippen molar-refractivity contribution in [2.75, 3.05) is 21.2 Å². The van der Waals surface area contributed by atoms with Gasteiger partial charge in [0.05, 0.1) is 21.2 Å². The molecule has 0 aromatic rings. The molecule has 4 heteroatoms. The summed E-state index contributed by atoms with van der Waals surface area (Å²) in [5, 5.41) is 0. The fraction of sp³-hybridized carbons (Fsp3) is 0.692. The summed E-state index contributed by atoms with van der Waals surface area (Å²) in [5.41, 5.74) is 0.